The van der Waals surface area contributed by atoms with Gasteiger partial charge in [0.15, 0.2) is 0 Å². The van der Waals surface area contributed by atoms with Crippen molar-refractivity contribution >= 4 is 15.9 Å². The average Bonchev–Trinajstić information content (AvgIpc) is 2.38. The van der Waals surface area contributed by atoms with Crippen molar-refractivity contribution in [3.05, 3.63) is 28.7 Å². The Morgan fingerprint density at radius 2 is 1.89 bits per heavy atom. The van der Waals surface area contributed by atoms with Gasteiger partial charge in [0.05, 0.1) is 6.61 Å². The molecule has 0 saturated heterocycles. The molecule has 3 heteroatoms. The molecule has 0 aliphatic carbocycles. The number of halogens is 1. The van der Waals surface area contributed by atoms with Gasteiger partial charge in [-0.3, -0.25) is 0 Å². The van der Waals surface area contributed by atoms with Crippen molar-refractivity contribution in [3.8, 4) is 5.75 Å². The molecule has 0 aliphatic heterocycles. The summed E-state index contributed by atoms with van der Waals surface area (Å²) < 4.78 is 6.84. The minimum atomic E-state index is 0.600. The SMILES string of the molecule is CCNC(CC)C(C)CCOc1ccc(Br)cc1. The first kappa shape index (κ1) is 15.5. The molecule has 1 aromatic rings. The van der Waals surface area contributed by atoms with E-state index in [0.29, 0.717) is 12.0 Å². The third-order valence-electron chi connectivity index (χ3n) is 3.25. The average molecular weight is 314 g/mol. The van der Waals surface area contributed by atoms with Gasteiger partial charge < -0.3 is 10.1 Å². The lowest BCUT2D eigenvalue weighted by atomic mass is 9.96. The Hall–Kier alpha value is -0.540. The molecule has 0 spiro atoms. The highest BCUT2D eigenvalue weighted by atomic mass is 79.9. The highest BCUT2D eigenvalue weighted by Gasteiger charge is 2.13. The van der Waals surface area contributed by atoms with Crippen LogP contribution in [0, 0.1) is 5.92 Å². The molecule has 0 aromatic heterocycles. The zero-order chi connectivity index (χ0) is 13.4. The standard InChI is InChI=1S/C15H24BrNO/c1-4-15(17-5-2)12(3)10-11-18-14-8-6-13(16)7-9-14/h6-9,12,15,17H,4-5,10-11H2,1-3H3. The van der Waals surface area contributed by atoms with E-state index in [1.807, 2.05) is 24.3 Å². The summed E-state index contributed by atoms with van der Waals surface area (Å²) in [5.41, 5.74) is 0. The molecule has 2 unspecified atom stereocenters. The molecule has 0 fully saturated rings. The molecule has 18 heavy (non-hydrogen) atoms. The van der Waals surface area contributed by atoms with E-state index in [-0.39, 0.29) is 0 Å². The van der Waals surface area contributed by atoms with Crippen LogP contribution in [0.1, 0.15) is 33.6 Å². The Balaban J connectivity index is 2.30. The highest BCUT2D eigenvalue weighted by molar-refractivity contribution is 9.10. The topological polar surface area (TPSA) is 21.3 Å². The smallest absolute Gasteiger partial charge is 0.119 e. The molecule has 0 amide bonds. The Bertz CT molecular complexity index is 326. The normalized spacial score (nSPS) is 14.2. The van der Waals surface area contributed by atoms with Crippen LogP contribution in [0.5, 0.6) is 5.75 Å². The number of nitrogens with one attached hydrogen (secondary N) is 1. The quantitative estimate of drug-likeness (QED) is 0.775. The first-order chi connectivity index (χ1) is 8.67. The molecule has 1 N–H and O–H groups in total. The lowest BCUT2D eigenvalue weighted by Gasteiger charge is -2.23. The summed E-state index contributed by atoms with van der Waals surface area (Å²) in [5.74, 6) is 1.59. The monoisotopic (exact) mass is 313 g/mol. The number of benzene rings is 1. The third kappa shape index (κ3) is 5.40. The summed E-state index contributed by atoms with van der Waals surface area (Å²) in [6, 6.07) is 8.61. The van der Waals surface area contributed by atoms with E-state index in [9.17, 15) is 0 Å². The molecule has 102 valence electrons. The summed E-state index contributed by atoms with van der Waals surface area (Å²) in [4.78, 5) is 0. The minimum Gasteiger partial charge on any atom is -0.494 e. The van der Waals surface area contributed by atoms with Crippen molar-refractivity contribution in [3.63, 3.8) is 0 Å². The molecule has 0 aliphatic rings. The van der Waals surface area contributed by atoms with Crippen LogP contribution in [0.15, 0.2) is 28.7 Å². The summed E-state index contributed by atoms with van der Waals surface area (Å²) in [6.07, 6.45) is 2.26. The van der Waals surface area contributed by atoms with Crippen molar-refractivity contribution in [1.29, 1.82) is 0 Å². The predicted octanol–water partition coefficient (Wildman–Crippen LogP) is 4.24. The van der Waals surface area contributed by atoms with Crippen molar-refractivity contribution in [2.45, 2.75) is 39.7 Å². The molecule has 2 atom stereocenters. The number of hydrogen-bond acceptors (Lipinski definition) is 2. The van der Waals surface area contributed by atoms with Crippen LogP contribution < -0.4 is 10.1 Å². The lowest BCUT2D eigenvalue weighted by Crippen LogP contribution is -2.34. The van der Waals surface area contributed by atoms with Gasteiger partial charge in [-0.25, -0.2) is 0 Å². The van der Waals surface area contributed by atoms with Crippen LogP contribution in [0.25, 0.3) is 0 Å². The zero-order valence-electron chi connectivity index (χ0n) is 11.6. The largest absolute Gasteiger partial charge is 0.494 e. The van der Waals surface area contributed by atoms with Gasteiger partial charge in [0.2, 0.25) is 0 Å². The zero-order valence-corrected chi connectivity index (χ0v) is 13.2. The fourth-order valence-electron chi connectivity index (χ4n) is 2.10. The van der Waals surface area contributed by atoms with Crippen molar-refractivity contribution in [2.75, 3.05) is 13.2 Å². The van der Waals surface area contributed by atoms with Gasteiger partial charge in [0.25, 0.3) is 0 Å². The van der Waals surface area contributed by atoms with Gasteiger partial charge in [0, 0.05) is 10.5 Å². The second kappa shape index (κ2) is 8.54. The maximum Gasteiger partial charge on any atom is 0.119 e. The molecule has 0 saturated carbocycles. The molecular formula is C15H24BrNO. The van der Waals surface area contributed by atoms with E-state index in [1.165, 1.54) is 6.42 Å². The van der Waals surface area contributed by atoms with Crippen LogP contribution in [0.2, 0.25) is 0 Å². The van der Waals surface area contributed by atoms with E-state index in [4.69, 9.17) is 4.74 Å². The summed E-state index contributed by atoms with van der Waals surface area (Å²) in [7, 11) is 0. The van der Waals surface area contributed by atoms with Crippen molar-refractivity contribution < 1.29 is 4.74 Å². The summed E-state index contributed by atoms with van der Waals surface area (Å²) >= 11 is 3.42. The molecule has 1 rings (SSSR count). The molecule has 0 heterocycles. The van der Waals surface area contributed by atoms with Gasteiger partial charge in [-0.05, 0) is 49.6 Å². The lowest BCUT2D eigenvalue weighted by molar-refractivity contribution is 0.254. The Kier molecular flexibility index (Phi) is 7.36. The fourth-order valence-corrected chi connectivity index (χ4v) is 2.37. The van der Waals surface area contributed by atoms with E-state index in [1.54, 1.807) is 0 Å². The van der Waals surface area contributed by atoms with Gasteiger partial charge >= 0.3 is 0 Å². The molecular weight excluding hydrogens is 290 g/mol. The highest BCUT2D eigenvalue weighted by Crippen LogP contribution is 2.17. The van der Waals surface area contributed by atoms with Gasteiger partial charge in [-0.15, -0.1) is 0 Å². The van der Waals surface area contributed by atoms with Crippen LogP contribution in [-0.2, 0) is 0 Å². The summed E-state index contributed by atoms with van der Waals surface area (Å²) in [5, 5.41) is 3.53. The molecule has 0 bridgehead atoms. The summed E-state index contributed by atoms with van der Waals surface area (Å²) in [6.45, 7) is 8.51. The number of hydrogen-bond donors (Lipinski definition) is 1. The van der Waals surface area contributed by atoms with Crippen LogP contribution in [0.4, 0.5) is 0 Å². The second-order valence-corrected chi connectivity index (χ2v) is 5.56. The molecule has 2 nitrogen and oxygen atoms in total. The van der Waals surface area contributed by atoms with Gasteiger partial charge in [-0.1, -0.05) is 36.7 Å². The maximum atomic E-state index is 5.76. The number of ether oxygens (including phenoxy) is 1. The minimum absolute atomic E-state index is 0.600. The number of rotatable bonds is 8. The van der Waals surface area contributed by atoms with Crippen LogP contribution in [-0.4, -0.2) is 19.2 Å². The Morgan fingerprint density at radius 3 is 2.44 bits per heavy atom. The maximum absolute atomic E-state index is 5.76. The van der Waals surface area contributed by atoms with Crippen molar-refractivity contribution in [2.24, 2.45) is 5.92 Å². The van der Waals surface area contributed by atoms with Crippen LogP contribution in [0.3, 0.4) is 0 Å². The van der Waals surface area contributed by atoms with E-state index in [0.717, 1.165) is 29.8 Å². The van der Waals surface area contributed by atoms with E-state index >= 15 is 0 Å². The Morgan fingerprint density at radius 1 is 1.22 bits per heavy atom. The second-order valence-electron chi connectivity index (χ2n) is 4.64. The first-order valence-electron chi connectivity index (χ1n) is 6.79. The van der Waals surface area contributed by atoms with Crippen molar-refractivity contribution in [1.82, 2.24) is 5.32 Å². The molecule has 0 radical (unpaired) electrons. The van der Waals surface area contributed by atoms with Gasteiger partial charge in [0.1, 0.15) is 5.75 Å². The Labute approximate surface area is 119 Å². The van der Waals surface area contributed by atoms with E-state index in [2.05, 4.69) is 42.0 Å². The van der Waals surface area contributed by atoms with Crippen LogP contribution >= 0.6 is 15.9 Å². The predicted molar refractivity (Wildman–Crippen MR) is 81.2 cm³/mol. The fraction of sp³-hybridized carbons (Fsp3) is 0.600. The molecule has 1 aromatic carbocycles. The van der Waals surface area contributed by atoms with Gasteiger partial charge in [-0.2, -0.15) is 0 Å². The third-order valence-corrected chi connectivity index (χ3v) is 3.78. The first-order valence-corrected chi connectivity index (χ1v) is 7.58. The van der Waals surface area contributed by atoms with E-state index < -0.39 is 0 Å².